The fourth-order valence-corrected chi connectivity index (χ4v) is 2.57. The second-order valence-corrected chi connectivity index (χ2v) is 5.38. The number of hydrogen-bond acceptors (Lipinski definition) is 2. The van der Waals surface area contributed by atoms with E-state index >= 15 is 0 Å². The number of halogens is 3. The molecule has 2 aromatic carbocycles. The molecule has 5 heteroatoms. The molecule has 23 heavy (non-hydrogen) atoms. The van der Waals surface area contributed by atoms with Gasteiger partial charge in [0.2, 0.25) is 0 Å². The zero-order chi connectivity index (χ0) is 16.6. The van der Waals surface area contributed by atoms with Crippen LogP contribution in [-0.4, -0.2) is 12.0 Å². The molecule has 3 aromatic rings. The normalized spacial score (nSPS) is 11.7. The summed E-state index contributed by atoms with van der Waals surface area (Å²) in [5.41, 5.74) is 3.68. The number of hydrogen-bond donors (Lipinski definition) is 1. The predicted octanol–water partition coefficient (Wildman–Crippen LogP) is 5.27. The Morgan fingerprint density at radius 1 is 0.957 bits per heavy atom. The summed E-state index contributed by atoms with van der Waals surface area (Å²) in [5, 5.41) is 3.58. The van der Waals surface area contributed by atoms with Crippen LogP contribution in [0.3, 0.4) is 0 Å². The lowest BCUT2D eigenvalue weighted by Crippen LogP contribution is -2.04. The minimum absolute atomic E-state index is 0.479. The number of pyridine rings is 1. The van der Waals surface area contributed by atoms with Gasteiger partial charge < -0.3 is 5.32 Å². The van der Waals surface area contributed by atoms with Gasteiger partial charge in [0.05, 0.1) is 16.8 Å². The molecule has 0 fully saturated rings. The van der Waals surface area contributed by atoms with Crippen molar-refractivity contribution in [3.63, 3.8) is 0 Å². The molecule has 0 radical (unpaired) electrons. The first-order valence-electron chi connectivity index (χ1n) is 7.15. The van der Waals surface area contributed by atoms with Gasteiger partial charge in [-0.25, -0.2) is 4.98 Å². The Morgan fingerprint density at radius 3 is 2.39 bits per heavy atom. The number of alkyl halides is 3. The van der Waals surface area contributed by atoms with E-state index in [0.717, 1.165) is 34.6 Å². The van der Waals surface area contributed by atoms with Gasteiger partial charge in [-0.05, 0) is 48.9 Å². The third-order valence-electron chi connectivity index (χ3n) is 3.81. The van der Waals surface area contributed by atoms with Crippen LogP contribution in [0.1, 0.15) is 11.1 Å². The van der Waals surface area contributed by atoms with Crippen molar-refractivity contribution in [2.45, 2.75) is 13.1 Å². The molecule has 118 valence electrons. The molecule has 0 aliphatic heterocycles. The lowest BCUT2D eigenvalue weighted by atomic mass is 10.0. The monoisotopic (exact) mass is 316 g/mol. The van der Waals surface area contributed by atoms with Gasteiger partial charge in [0, 0.05) is 23.7 Å². The van der Waals surface area contributed by atoms with Crippen molar-refractivity contribution in [3.8, 4) is 11.3 Å². The van der Waals surface area contributed by atoms with Crippen LogP contribution in [0.4, 0.5) is 18.9 Å². The van der Waals surface area contributed by atoms with Gasteiger partial charge in [0.1, 0.15) is 0 Å². The Hall–Kier alpha value is -2.56. The van der Waals surface area contributed by atoms with E-state index in [1.807, 2.05) is 32.2 Å². The molecule has 0 saturated carbocycles. The van der Waals surface area contributed by atoms with Gasteiger partial charge in [0.15, 0.2) is 0 Å². The summed E-state index contributed by atoms with van der Waals surface area (Å²) in [4.78, 5) is 4.48. The van der Waals surface area contributed by atoms with Gasteiger partial charge in [-0.15, -0.1) is 0 Å². The standard InChI is InChI=1S/C18H15F3N2/c1-11-9-12(3-6-15(11)22-2)16-7-4-13-10-14(18(19,20)21)5-8-17(13)23-16/h3-10,22H,1-2H3. The Bertz CT molecular complexity index is 870. The zero-order valence-electron chi connectivity index (χ0n) is 12.7. The van der Waals surface area contributed by atoms with Crippen molar-refractivity contribution < 1.29 is 13.2 Å². The van der Waals surface area contributed by atoms with Crippen LogP contribution in [0.2, 0.25) is 0 Å². The summed E-state index contributed by atoms with van der Waals surface area (Å²) in [6, 6.07) is 12.9. The molecule has 0 amide bonds. The molecular formula is C18H15F3N2. The fourth-order valence-electron chi connectivity index (χ4n) is 2.57. The second kappa shape index (κ2) is 5.57. The molecular weight excluding hydrogens is 301 g/mol. The highest BCUT2D eigenvalue weighted by atomic mass is 19.4. The van der Waals surface area contributed by atoms with E-state index in [-0.39, 0.29) is 0 Å². The molecule has 0 bridgehead atoms. The van der Waals surface area contributed by atoms with Crippen molar-refractivity contribution in [2.75, 3.05) is 12.4 Å². The topological polar surface area (TPSA) is 24.9 Å². The van der Waals surface area contributed by atoms with E-state index in [2.05, 4.69) is 10.3 Å². The van der Waals surface area contributed by atoms with Crippen molar-refractivity contribution >= 4 is 16.6 Å². The zero-order valence-corrected chi connectivity index (χ0v) is 12.7. The summed E-state index contributed by atoms with van der Waals surface area (Å²) >= 11 is 0. The number of nitrogens with one attached hydrogen (secondary N) is 1. The third-order valence-corrected chi connectivity index (χ3v) is 3.81. The maximum Gasteiger partial charge on any atom is 0.416 e. The van der Waals surface area contributed by atoms with E-state index in [9.17, 15) is 13.2 Å². The van der Waals surface area contributed by atoms with Crippen LogP contribution in [0.5, 0.6) is 0 Å². The van der Waals surface area contributed by atoms with Crippen molar-refractivity contribution in [2.24, 2.45) is 0 Å². The number of aryl methyl sites for hydroxylation is 1. The fraction of sp³-hybridized carbons (Fsp3) is 0.167. The van der Waals surface area contributed by atoms with Gasteiger partial charge in [0.25, 0.3) is 0 Å². The van der Waals surface area contributed by atoms with Crippen LogP contribution in [-0.2, 0) is 6.18 Å². The number of aromatic nitrogens is 1. The molecule has 2 nitrogen and oxygen atoms in total. The molecule has 1 N–H and O–H groups in total. The van der Waals surface area contributed by atoms with Gasteiger partial charge in [-0.1, -0.05) is 12.1 Å². The smallest absolute Gasteiger partial charge is 0.388 e. The molecule has 0 aliphatic carbocycles. The molecule has 0 unspecified atom stereocenters. The number of fused-ring (bicyclic) bond motifs is 1. The molecule has 0 aliphatic rings. The van der Waals surface area contributed by atoms with Crippen molar-refractivity contribution in [1.29, 1.82) is 0 Å². The molecule has 0 spiro atoms. The molecule has 0 saturated heterocycles. The van der Waals surface area contributed by atoms with Crippen LogP contribution in [0.25, 0.3) is 22.2 Å². The van der Waals surface area contributed by atoms with E-state index in [0.29, 0.717) is 10.9 Å². The van der Waals surface area contributed by atoms with Gasteiger partial charge in [-0.3, -0.25) is 0 Å². The first-order chi connectivity index (χ1) is 10.9. The largest absolute Gasteiger partial charge is 0.416 e. The van der Waals surface area contributed by atoms with E-state index in [1.165, 1.54) is 6.07 Å². The Kier molecular flexibility index (Phi) is 3.72. The first-order valence-corrected chi connectivity index (χ1v) is 7.15. The maximum absolute atomic E-state index is 12.7. The highest BCUT2D eigenvalue weighted by molar-refractivity contribution is 5.82. The van der Waals surface area contributed by atoms with E-state index in [1.54, 1.807) is 12.1 Å². The predicted molar refractivity (Wildman–Crippen MR) is 86.5 cm³/mol. The second-order valence-electron chi connectivity index (χ2n) is 5.38. The molecule has 3 rings (SSSR count). The Morgan fingerprint density at radius 2 is 1.74 bits per heavy atom. The Balaban J connectivity index is 2.05. The van der Waals surface area contributed by atoms with Crippen molar-refractivity contribution in [1.82, 2.24) is 4.98 Å². The Labute approximate surface area is 132 Å². The summed E-state index contributed by atoms with van der Waals surface area (Å²) in [7, 11) is 1.86. The van der Waals surface area contributed by atoms with Crippen LogP contribution in [0, 0.1) is 6.92 Å². The lowest BCUT2D eigenvalue weighted by Gasteiger charge is -2.10. The molecule has 1 aromatic heterocycles. The summed E-state index contributed by atoms with van der Waals surface area (Å²) in [5.74, 6) is 0. The minimum Gasteiger partial charge on any atom is -0.388 e. The summed E-state index contributed by atoms with van der Waals surface area (Å²) in [6.07, 6.45) is -4.34. The van der Waals surface area contributed by atoms with E-state index in [4.69, 9.17) is 0 Å². The summed E-state index contributed by atoms with van der Waals surface area (Å²) in [6.45, 7) is 1.99. The number of nitrogens with zero attached hydrogens (tertiary/aromatic N) is 1. The quantitative estimate of drug-likeness (QED) is 0.696. The average molecular weight is 316 g/mol. The van der Waals surface area contributed by atoms with E-state index < -0.39 is 11.7 Å². The SMILES string of the molecule is CNc1ccc(-c2ccc3cc(C(F)(F)F)ccc3n2)cc1C. The third kappa shape index (κ3) is 2.99. The lowest BCUT2D eigenvalue weighted by molar-refractivity contribution is -0.137. The van der Waals surface area contributed by atoms with Crippen LogP contribution in [0.15, 0.2) is 48.5 Å². The average Bonchev–Trinajstić information content (AvgIpc) is 2.53. The summed E-state index contributed by atoms with van der Waals surface area (Å²) < 4.78 is 38.2. The molecule has 1 heterocycles. The number of rotatable bonds is 2. The van der Waals surface area contributed by atoms with Gasteiger partial charge >= 0.3 is 6.18 Å². The van der Waals surface area contributed by atoms with Crippen LogP contribution >= 0.6 is 0 Å². The highest BCUT2D eigenvalue weighted by Crippen LogP contribution is 2.32. The number of anilines is 1. The first kappa shape index (κ1) is 15.3. The highest BCUT2D eigenvalue weighted by Gasteiger charge is 2.30. The van der Waals surface area contributed by atoms with Crippen molar-refractivity contribution in [3.05, 3.63) is 59.7 Å². The number of benzene rings is 2. The van der Waals surface area contributed by atoms with Gasteiger partial charge in [-0.2, -0.15) is 13.2 Å². The minimum atomic E-state index is -4.34. The molecule has 0 atom stereocenters. The maximum atomic E-state index is 12.7. The van der Waals surface area contributed by atoms with Crippen LogP contribution < -0.4 is 5.32 Å².